The van der Waals surface area contributed by atoms with Gasteiger partial charge in [0, 0.05) is 18.3 Å². The van der Waals surface area contributed by atoms with E-state index < -0.39 is 6.10 Å². The zero-order chi connectivity index (χ0) is 17.6. The van der Waals surface area contributed by atoms with Gasteiger partial charge < -0.3 is 9.84 Å². The molecular formula is C20H32O3. The van der Waals surface area contributed by atoms with E-state index in [4.69, 9.17) is 4.74 Å². The van der Waals surface area contributed by atoms with Gasteiger partial charge in [0.1, 0.15) is 5.78 Å². The van der Waals surface area contributed by atoms with Crippen molar-refractivity contribution in [2.75, 3.05) is 0 Å². The average molecular weight is 320 g/mol. The van der Waals surface area contributed by atoms with Crippen molar-refractivity contribution in [2.24, 2.45) is 17.8 Å². The third kappa shape index (κ3) is 6.44. The van der Waals surface area contributed by atoms with Crippen molar-refractivity contribution in [3.63, 3.8) is 0 Å². The summed E-state index contributed by atoms with van der Waals surface area (Å²) in [6.45, 7) is 12.5. The maximum Gasteiger partial charge on any atom is 0.138 e. The highest BCUT2D eigenvalue weighted by Gasteiger charge is 2.29. The number of aryl methyl sites for hydroxylation is 1. The fourth-order valence-corrected chi connectivity index (χ4v) is 2.67. The SMILES string of the molecule is Cc1ccc(CO[C@H](C(C)C)[C@H](C)[C@@H](O)CC(=O)C(C)C)cc1. The lowest BCUT2D eigenvalue weighted by atomic mass is 9.86. The second kappa shape index (κ2) is 9.19. The van der Waals surface area contributed by atoms with Gasteiger partial charge in [-0.25, -0.2) is 0 Å². The largest absolute Gasteiger partial charge is 0.392 e. The van der Waals surface area contributed by atoms with E-state index in [0.29, 0.717) is 6.61 Å². The number of benzene rings is 1. The van der Waals surface area contributed by atoms with E-state index in [2.05, 4.69) is 45.0 Å². The smallest absolute Gasteiger partial charge is 0.138 e. The van der Waals surface area contributed by atoms with Gasteiger partial charge in [-0.05, 0) is 18.4 Å². The summed E-state index contributed by atoms with van der Waals surface area (Å²) in [6, 6.07) is 8.28. The maximum atomic E-state index is 11.9. The molecule has 1 N–H and O–H groups in total. The van der Waals surface area contributed by atoms with Crippen LogP contribution in [0, 0.1) is 24.7 Å². The molecule has 3 atom stereocenters. The van der Waals surface area contributed by atoms with Crippen LogP contribution < -0.4 is 0 Å². The molecule has 0 bridgehead atoms. The third-order valence-corrected chi connectivity index (χ3v) is 4.40. The minimum absolute atomic E-state index is 0.0390. The van der Waals surface area contributed by atoms with Gasteiger partial charge in [0.05, 0.1) is 18.8 Å². The van der Waals surface area contributed by atoms with Crippen LogP contribution in [0.25, 0.3) is 0 Å². The summed E-state index contributed by atoms with van der Waals surface area (Å²) in [4.78, 5) is 11.9. The van der Waals surface area contributed by atoms with Crippen LogP contribution in [-0.4, -0.2) is 23.1 Å². The minimum atomic E-state index is -0.657. The Morgan fingerprint density at radius 1 is 1.09 bits per heavy atom. The quantitative estimate of drug-likeness (QED) is 0.743. The first kappa shape index (κ1) is 19.9. The lowest BCUT2D eigenvalue weighted by Crippen LogP contribution is -2.37. The van der Waals surface area contributed by atoms with Crippen molar-refractivity contribution in [3.8, 4) is 0 Å². The number of ketones is 1. The molecule has 0 aliphatic heterocycles. The molecule has 0 spiro atoms. The van der Waals surface area contributed by atoms with Gasteiger partial charge in [-0.3, -0.25) is 4.79 Å². The summed E-state index contributed by atoms with van der Waals surface area (Å²) in [6.07, 6.45) is -0.530. The number of carbonyl (C=O) groups is 1. The number of hydrogen-bond acceptors (Lipinski definition) is 3. The van der Waals surface area contributed by atoms with Crippen molar-refractivity contribution >= 4 is 5.78 Å². The Morgan fingerprint density at radius 2 is 1.65 bits per heavy atom. The average Bonchev–Trinajstić information content (AvgIpc) is 2.48. The Balaban J connectivity index is 2.65. The van der Waals surface area contributed by atoms with Crippen molar-refractivity contribution in [3.05, 3.63) is 35.4 Å². The van der Waals surface area contributed by atoms with Crippen molar-refractivity contribution in [2.45, 2.75) is 66.8 Å². The highest BCUT2D eigenvalue weighted by atomic mass is 16.5. The summed E-state index contributed by atoms with van der Waals surface area (Å²) in [5.74, 6) is 0.260. The van der Waals surface area contributed by atoms with E-state index in [0.717, 1.165) is 5.56 Å². The lowest BCUT2D eigenvalue weighted by molar-refractivity contribution is -0.126. The number of Topliss-reactive ketones (excluding diaryl/α,β-unsaturated/α-hetero) is 1. The molecule has 130 valence electrons. The molecule has 0 aliphatic carbocycles. The van der Waals surface area contributed by atoms with Gasteiger partial charge in [-0.15, -0.1) is 0 Å². The Bertz CT molecular complexity index is 476. The van der Waals surface area contributed by atoms with Gasteiger partial charge in [-0.2, -0.15) is 0 Å². The Hall–Kier alpha value is -1.19. The van der Waals surface area contributed by atoms with E-state index in [1.54, 1.807) is 0 Å². The third-order valence-electron chi connectivity index (χ3n) is 4.40. The maximum absolute atomic E-state index is 11.9. The van der Waals surface area contributed by atoms with Crippen LogP contribution in [0.4, 0.5) is 0 Å². The van der Waals surface area contributed by atoms with E-state index >= 15 is 0 Å². The molecule has 0 aromatic heterocycles. The van der Waals surface area contributed by atoms with Crippen LogP contribution in [-0.2, 0) is 16.1 Å². The second-order valence-electron chi connectivity index (χ2n) is 7.26. The summed E-state index contributed by atoms with van der Waals surface area (Å²) >= 11 is 0. The summed E-state index contributed by atoms with van der Waals surface area (Å²) in [5.41, 5.74) is 2.35. The fourth-order valence-electron chi connectivity index (χ4n) is 2.67. The molecule has 1 aromatic rings. The summed E-state index contributed by atoms with van der Waals surface area (Å²) < 4.78 is 6.08. The molecule has 3 heteroatoms. The van der Waals surface area contributed by atoms with Crippen LogP contribution in [0.2, 0.25) is 0 Å². The number of ether oxygens (including phenoxy) is 1. The second-order valence-corrected chi connectivity index (χ2v) is 7.26. The predicted octanol–water partition coefficient (Wildman–Crippen LogP) is 4.15. The molecule has 0 heterocycles. The standard InChI is InChI=1S/C20H32O3/c1-13(2)18(21)11-19(22)16(6)20(14(3)4)23-12-17-9-7-15(5)8-10-17/h7-10,13-14,16,19-20,22H,11-12H2,1-6H3/t16-,19+,20-/m1/s1. The molecule has 0 unspecified atom stereocenters. The van der Waals surface area contributed by atoms with Gasteiger partial charge >= 0.3 is 0 Å². The number of aliphatic hydroxyl groups excluding tert-OH is 1. The van der Waals surface area contributed by atoms with E-state index in [-0.39, 0.29) is 36.1 Å². The van der Waals surface area contributed by atoms with Crippen LogP contribution in [0.3, 0.4) is 0 Å². The molecule has 0 fully saturated rings. The molecule has 0 saturated heterocycles. The van der Waals surface area contributed by atoms with Gasteiger partial charge in [0.15, 0.2) is 0 Å². The normalized spacial score (nSPS) is 15.7. The first-order chi connectivity index (χ1) is 10.7. The van der Waals surface area contributed by atoms with Gasteiger partial charge in [0.25, 0.3) is 0 Å². The molecule has 0 saturated carbocycles. The number of hydrogen-bond donors (Lipinski definition) is 1. The molecule has 1 aromatic carbocycles. The molecule has 3 nitrogen and oxygen atoms in total. The van der Waals surface area contributed by atoms with Gasteiger partial charge in [0.2, 0.25) is 0 Å². The summed E-state index contributed by atoms with van der Waals surface area (Å²) in [7, 11) is 0. The minimum Gasteiger partial charge on any atom is -0.392 e. The molecule has 23 heavy (non-hydrogen) atoms. The van der Waals surface area contributed by atoms with Crippen LogP contribution in [0.1, 0.15) is 52.2 Å². The molecule has 0 radical (unpaired) electrons. The zero-order valence-electron chi connectivity index (χ0n) is 15.4. The van der Waals surface area contributed by atoms with Crippen LogP contribution in [0.15, 0.2) is 24.3 Å². The fraction of sp³-hybridized carbons (Fsp3) is 0.650. The Morgan fingerprint density at radius 3 is 2.13 bits per heavy atom. The van der Waals surface area contributed by atoms with Crippen molar-refractivity contribution in [1.29, 1.82) is 0 Å². The number of rotatable bonds is 9. The first-order valence-electron chi connectivity index (χ1n) is 8.60. The van der Waals surface area contributed by atoms with Gasteiger partial charge in [-0.1, -0.05) is 64.4 Å². The molecule has 0 aliphatic rings. The monoisotopic (exact) mass is 320 g/mol. The Kier molecular flexibility index (Phi) is 7.93. The number of aliphatic hydroxyl groups is 1. The van der Waals surface area contributed by atoms with E-state index in [9.17, 15) is 9.90 Å². The highest BCUT2D eigenvalue weighted by Crippen LogP contribution is 2.24. The first-order valence-corrected chi connectivity index (χ1v) is 8.60. The van der Waals surface area contributed by atoms with E-state index in [1.165, 1.54) is 5.56 Å². The zero-order valence-corrected chi connectivity index (χ0v) is 15.4. The van der Waals surface area contributed by atoms with Crippen LogP contribution >= 0.6 is 0 Å². The van der Waals surface area contributed by atoms with Crippen molar-refractivity contribution < 1.29 is 14.6 Å². The van der Waals surface area contributed by atoms with E-state index in [1.807, 2.05) is 20.8 Å². The highest BCUT2D eigenvalue weighted by molar-refractivity contribution is 5.80. The molecular weight excluding hydrogens is 288 g/mol. The predicted molar refractivity (Wildman–Crippen MR) is 94.2 cm³/mol. The Labute approximate surface area is 141 Å². The lowest BCUT2D eigenvalue weighted by Gasteiger charge is -2.31. The molecule has 0 amide bonds. The molecule has 1 rings (SSSR count). The summed E-state index contributed by atoms with van der Waals surface area (Å²) in [5, 5.41) is 10.4. The topological polar surface area (TPSA) is 46.5 Å². The number of carbonyl (C=O) groups excluding carboxylic acids is 1. The van der Waals surface area contributed by atoms with Crippen LogP contribution in [0.5, 0.6) is 0 Å². The van der Waals surface area contributed by atoms with Crippen molar-refractivity contribution in [1.82, 2.24) is 0 Å².